The standard InChI is InChI=1S/C17H24N2O/c1-12-7-3-6-10-15(12)16-18-13(2)17(20)19(16)11-14-8-4-5-9-14/h3,6-7,10,13-14,16,18H,4-5,8-9,11H2,1-2H3. The van der Waals surface area contributed by atoms with E-state index in [2.05, 4.69) is 41.4 Å². The van der Waals surface area contributed by atoms with Gasteiger partial charge in [-0.25, -0.2) is 0 Å². The van der Waals surface area contributed by atoms with Crippen LogP contribution < -0.4 is 5.32 Å². The van der Waals surface area contributed by atoms with E-state index < -0.39 is 0 Å². The lowest BCUT2D eigenvalue weighted by Crippen LogP contribution is -2.34. The summed E-state index contributed by atoms with van der Waals surface area (Å²) in [5.74, 6) is 0.947. The number of carbonyl (C=O) groups excluding carboxylic acids is 1. The van der Waals surface area contributed by atoms with Crippen LogP contribution in [0.1, 0.15) is 49.9 Å². The Kier molecular flexibility index (Phi) is 3.79. The number of carbonyl (C=O) groups is 1. The van der Waals surface area contributed by atoms with Crippen molar-refractivity contribution in [3.8, 4) is 0 Å². The molecule has 0 spiro atoms. The van der Waals surface area contributed by atoms with Crippen LogP contribution in [0.3, 0.4) is 0 Å². The molecule has 1 amide bonds. The maximum absolute atomic E-state index is 12.5. The lowest BCUT2D eigenvalue weighted by atomic mass is 10.0. The molecule has 2 aliphatic rings. The Labute approximate surface area is 121 Å². The van der Waals surface area contributed by atoms with Crippen molar-refractivity contribution in [1.82, 2.24) is 10.2 Å². The summed E-state index contributed by atoms with van der Waals surface area (Å²) < 4.78 is 0. The van der Waals surface area contributed by atoms with Gasteiger partial charge in [0.1, 0.15) is 6.17 Å². The van der Waals surface area contributed by atoms with Gasteiger partial charge in [0.2, 0.25) is 5.91 Å². The molecule has 1 aliphatic carbocycles. The minimum Gasteiger partial charge on any atom is -0.321 e. The third kappa shape index (κ3) is 2.47. The van der Waals surface area contributed by atoms with E-state index in [9.17, 15) is 4.79 Å². The van der Waals surface area contributed by atoms with Gasteiger partial charge < -0.3 is 4.90 Å². The van der Waals surface area contributed by atoms with Gasteiger partial charge in [0, 0.05) is 6.54 Å². The zero-order valence-corrected chi connectivity index (χ0v) is 12.4. The van der Waals surface area contributed by atoms with E-state index in [0.29, 0.717) is 5.92 Å². The Bertz CT molecular complexity index is 494. The predicted octanol–water partition coefficient (Wildman–Crippen LogP) is 3.00. The highest BCUT2D eigenvalue weighted by molar-refractivity contribution is 5.84. The van der Waals surface area contributed by atoms with Crippen molar-refractivity contribution in [2.75, 3.05) is 6.54 Å². The third-order valence-electron chi connectivity index (χ3n) is 4.79. The van der Waals surface area contributed by atoms with Crippen molar-refractivity contribution in [3.05, 3.63) is 35.4 Å². The second kappa shape index (κ2) is 5.57. The van der Waals surface area contributed by atoms with Crippen LogP contribution in [0.25, 0.3) is 0 Å². The second-order valence-corrected chi connectivity index (χ2v) is 6.29. The average molecular weight is 272 g/mol. The first kappa shape index (κ1) is 13.6. The quantitative estimate of drug-likeness (QED) is 0.917. The maximum Gasteiger partial charge on any atom is 0.241 e. The Morgan fingerprint density at radius 3 is 2.65 bits per heavy atom. The van der Waals surface area contributed by atoms with Gasteiger partial charge in [-0.05, 0) is 43.7 Å². The molecule has 108 valence electrons. The van der Waals surface area contributed by atoms with Crippen LogP contribution in [0.15, 0.2) is 24.3 Å². The summed E-state index contributed by atoms with van der Waals surface area (Å²) in [6.45, 7) is 5.01. The molecule has 2 unspecified atom stereocenters. The zero-order valence-electron chi connectivity index (χ0n) is 12.4. The van der Waals surface area contributed by atoms with Gasteiger partial charge in [-0.2, -0.15) is 0 Å². The minimum absolute atomic E-state index is 0.0549. The van der Waals surface area contributed by atoms with Crippen molar-refractivity contribution in [1.29, 1.82) is 0 Å². The van der Waals surface area contributed by atoms with Crippen molar-refractivity contribution >= 4 is 5.91 Å². The summed E-state index contributed by atoms with van der Waals surface area (Å²) in [4.78, 5) is 14.5. The van der Waals surface area contributed by atoms with E-state index in [4.69, 9.17) is 0 Å². The van der Waals surface area contributed by atoms with Crippen molar-refractivity contribution in [2.45, 2.75) is 51.7 Å². The molecule has 1 aromatic carbocycles. The lowest BCUT2D eigenvalue weighted by molar-refractivity contribution is -0.130. The molecular weight excluding hydrogens is 248 g/mol. The van der Waals surface area contributed by atoms with Crippen LogP contribution in [0.4, 0.5) is 0 Å². The van der Waals surface area contributed by atoms with Crippen LogP contribution in [0, 0.1) is 12.8 Å². The first-order valence-electron chi connectivity index (χ1n) is 7.79. The van der Waals surface area contributed by atoms with Gasteiger partial charge in [0.05, 0.1) is 6.04 Å². The molecule has 1 saturated carbocycles. The van der Waals surface area contributed by atoms with E-state index in [1.54, 1.807) is 0 Å². The van der Waals surface area contributed by atoms with E-state index in [0.717, 1.165) is 6.54 Å². The third-order valence-corrected chi connectivity index (χ3v) is 4.79. The average Bonchev–Trinajstić information content (AvgIpc) is 3.04. The summed E-state index contributed by atoms with van der Waals surface area (Å²) in [6, 6.07) is 8.31. The molecule has 1 N–H and O–H groups in total. The summed E-state index contributed by atoms with van der Waals surface area (Å²) in [6.07, 6.45) is 5.26. The van der Waals surface area contributed by atoms with Gasteiger partial charge in [0.25, 0.3) is 0 Å². The fourth-order valence-electron chi connectivity index (χ4n) is 3.59. The molecule has 1 heterocycles. The molecule has 2 fully saturated rings. The molecule has 3 heteroatoms. The number of hydrogen-bond acceptors (Lipinski definition) is 2. The smallest absolute Gasteiger partial charge is 0.241 e. The van der Waals surface area contributed by atoms with E-state index >= 15 is 0 Å². The molecule has 3 nitrogen and oxygen atoms in total. The molecule has 0 radical (unpaired) electrons. The van der Waals surface area contributed by atoms with E-state index in [-0.39, 0.29) is 18.1 Å². The summed E-state index contributed by atoms with van der Waals surface area (Å²) >= 11 is 0. The van der Waals surface area contributed by atoms with Gasteiger partial charge in [0.15, 0.2) is 0 Å². The molecule has 20 heavy (non-hydrogen) atoms. The molecule has 1 aliphatic heterocycles. The number of benzene rings is 1. The highest BCUT2D eigenvalue weighted by atomic mass is 16.2. The molecule has 0 bridgehead atoms. The van der Waals surface area contributed by atoms with Crippen LogP contribution >= 0.6 is 0 Å². The van der Waals surface area contributed by atoms with E-state index in [1.165, 1.54) is 36.8 Å². The first-order valence-corrected chi connectivity index (χ1v) is 7.79. The van der Waals surface area contributed by atoms with Crippen molar-refractivity contribution in [2.24, 2.45) is 5.92 Å². The molecule has 1 saturated heterocycles. The Balaban J connectivity index is 1.84. The molecule has 2 atom stereocenters. The SMILES string of the molecule is Cc1ccccc1C1NC(C)C(=O)N1CC1CCCC1. The van der Waals surface area contributed by atoms with Crippen LogP contribution in [0.2, 0.25) is 0 Å². The fraction of sp³-hybridized carbons (Fsp3) is 0.588. The monoisotopic (exact) mass is 272 g/mol. The zero-order chi connectivity index (χ0) is 14.1. The lowest BCUT2D eigenvalue weighted by Gasteiger charge is -2.28. The van der Waals surface area contributed by atoms with Gasteiger partial charge in [-0.1, -0.05) is 37.1 Å². The number of aryl methyl sites for hydroxylation is 1. The first-order chi connectivity index (χ1) is 9.66. The number of nitrogens with one attached hydrogen (secondary N) is 1. The normalized spacial score (nSPS) is 27.5. The highest BCUT2D eigenvalue weighted by Crippen LogP contribution is 2.32. The predicted molar refractivity (Wildman–Crippen MR) is 80.2 cm³/mol. The Morgan fingerprint density at radius 1 is 1.25 bits per heavy atom. The number of hydrogen-bond donors (Lipinski definition) is 1. The van der Waals surface area contributed by atoms with Crippen LogP contribution in [-0.2, 0) is 4.79 Å². The van der Waals surface area contributed by atoms with Crippen molar-refractivity contribution in [3.63, 3.8) is 0 Å². The van der Waals surface area contributed by atoms with E-state index in [1.807, 2.05) is 6.92 Å². The fourth-order valence-corrected chi connectivity index (χ4v) is 3.59. The number of amides is 1. The topological polar surface area (TPSA) is 32.3 Å². The summed E-state index contributed by atoms with van der Waals surface area (Å²) in [5, 5.41) is 3.46. The second-order valence-electron chi connectivity index (χ2n) is 6.29. The largest absolute Gasteiger partial charge is 0.321 e. The molecule has 0 aromatic heterocycles. The Hall–Kier alpha value is -1.35. The molecule has 1 aromatic rings. The number of nitrogens with zero attached hydrogens (tertiary/aromatic N) is 1. The highest BCUT2D eigenvalue weighted by Gasteiger charge is 2.38. The van der Waals surface area contributed by atoms with Gasteiger partial charge >= 0.3 is 0 Å². The summed E-state index contributed by atoms with van der Waals surface area (Å²) in [5.41, 5.74) is 2.49. The molecule has 3 rings (SSSR count). The molecular formula is C17H24N2O. The van der Waals surface area contributed by atoms with Gasteiger partial charge in [-0.15, -0.1) is 0 Å². The van der Waals surface area contributed by atoms with Crippen molar-refractivity contribution < 1.29 is 4.79 Å². The van der Waals surface area contributed by atoms with Crippen LogP contribution in [-0.4, -0.2) is 23.4 Å². The maximum atomic E-state index is 12.5. The Morgan fingerprint density at radius 2 is 1.95 bits per heavy atom. The van der Waals surface area contributed by atoms with Crippen LogP contribution in [0.5, 0.6) is 0 Å². The minimum atomic E-state index is -0.0685. The van der Waals surface area contributed by atoms with Gasteiger partial charge in [-0.3, -0.25) is 10.1 Å². The summed E-state index contributed by atoms with van der Waals surface area (Å²) in [7, 11) is 0. The number of rotatable bonds is 3.